The molecular weight excluding hydrogens is 702 g/mol. The second kappa shape index (κ2) is 17.5. The van der Waals surface area contributed by atoms with Gasteiger partial charge in [-0.1, -0.05) is 51.7 Å². The zero-order valence-corrected chi connectivity index (χ0v) is 32.2. The number of hydrazone groups is 1. The van der Waals surface area contributed by atoms with Crippen molar-refractivity contribution in [1.29, 1.82) is 0 Å². The Labute approximate surface area is 320 Å². The van der Waals surface area contributed by atoms with E-state index in [0.717, 1.165) is 71.3 Å². The molecule has 2 aliphatic rings. The summed E-state index contributed by atoms with van der Waals surface area (Å²) in [4.78, 5) is 68.3. The summed E-state index contributed by atoms with van der Waals surface area (Å²) in [6.45, 7) is 9.47. The average Bonchev–Trinajstić information content (AvgIpc) is 4.01. The highest BCUT2D eigenvalue weighted by Crippen LogP contribution is 2.34. The maximum absolute atomic E-state index is 13.6. The molecule has 4 amide bonds. The number of methoxy groups -OCH3 is 1. The Morgan fingerprint density at radius 1 is 0.964 bits per heavy atom. The number of carbonyl (C=O) groups is 3. The molecule has 2 fully saturated rings. The number of H-pyrrole nitrogens is 2. The number of ether oxygens (including phenoxy) is 1. The van der Waals surface area contributed by atoms with Gasteiger partial charge in [0.05, 0.1) is 49.2 Å². The standard InChI is InChI=1S/C40H49N9O6/c1-25(2)23-49(42-24-55-54-6)40(52)48-20-8-9-33(48)36-41-22-32(45-36)29-16-13-27(14-17-29)11-12-28-15-18-30-31(21-28)44-37(43-30)34-10-7-19-47(34)38(50)35(26(3)4)46-39(51)53-5/h13-18,21-22,24-26,33-35H,7-10,19-20,23H2,1-6H3,(H,41,45)(H,43,44)(H,46,51)/b42-24-/t33-,34-,35-/m0/s1. The zero-order chi connectivity index (χ0) is 39.1. The third kappa shape index (κ3) is 9.09. The fourth-order valence-corrected chi connectivity index (χ4v) is 7.06. The predicted octanol–water partition coefficient (Wildman–Crippen LogP) is 6.13. The van der Waals surface area contributed by atoms with Crippen molar-refractivity contribution in [3.8, 4) is 23.1 Å². The molecule has 3 N–H and O–H groups in total. The fourth-order valence-electron chi connectivity index (χ4n) is 7.06. The molecule has 15 heteroatoms. The molecule has 290 valence electrons. The molecule has 55 heavy (non-hydrogen) atoms. The van der Waals surface area contributed by atoms with E-state index in [0.29, 0.717) is 25.5 Å². The van der Waals surface area contributed by atoms with Crippen molar-refractivity contribution in [2.45, 2.75) is 71.5 Å². The number of carbonyl (C=O) groups excluding carboxylic acids is 3. The summed E-state index contributed by atoms with van der Waals surface area (Å²) in [5, 5.41) is 8.27. The van der Waals surface area contributed by atoms with E-state index in [4.69, 9.17) is 14.6 Å². The zero-order valence-electron chi connectivity index (χ0n) is 32.2. The van der Waals surface area contributed by atoms with Crippen LogP contribution in [0.4, 0.5) is 9.59 Å². The van der Waals surface area contributed by atoms with Gasteiger partial charge in [0.1, 0.15) is 17.7 Å². The highest BCUT2D eigenvalue weighted by molar-refractivity contribution is 5.86. The third-order valence-corrected chi connectivity index (χ3v) is 9.78. The largest absolute Gasteiger partial charge is 0.453 e. The monoisotopic (exact) mass is 751 g/mol. The van der Waals surface area contributed by atoms with Crippen LogP contribution < -0.4 is 5.32 Å². The number of nitrogens with one attached hydrogen (secondary N) is 3. The summed E-state index contributed by atoms with van der Waals surface area (Å²) in [6, 6.07) is 12.4. The fraction of sp³-hybridized carbons (Fsp3) is 0.450. The molecule has 0 aliphatic carbocycles. The Morgan fingerprint density at radius 2 is 1.65 bits per heavy atom. The molecule has 3 atom stereocenters. The van der Waals surface area contributed by atoms with Crippen molar-refractivity contribution in [3.05, 3.63) is 71.4 Å². The van der Waals surface area contributed by atoms with Gasteiger partial charge in [-0.15, -0.1) is 5.10 Å². The summed E-state index contributed by atoms with van der Waals surface area (Å²) in [7, 11) is 2.66. The summed E-state index contributed by atoms with van der Waals surface area (Å²) < 4.78 is 4.75. The predicted molar refractivity (Wildman–Crippen MR) is 206 cm³/mol. The molecule has 2 aromatic heterocycles. The summed E-state index contributed by atoms with van der Waals surface area (Å²) >= 11 is 0. The number of alkyl carbamates (subject to hydrolysis) is 1. The number of aromatic amines is 2. The number of rotatable bonds is 11. The van der Waals surface area contributed by atoms with Gasteiger partial charge in [-0.2, -0.15) is 4.89 Å². The molecule has 0 saturated carbocycles. The van der Waals surface area contributed by atoms with Crippen molar-refractivity contribution in [1.82, 2.24) is 40.1 Å². The Bertz CT molecular complexity index is 2060. The van der Waals surface area contributed by atoms with E-state index in [1.165, 1.54) is 19.2 Å². The third-order valence-electron chi connectivity index (χ3n) is 9.78. The van der Waals surface area contributed by atoms with Crippen LogP contribution in [0.5, 0.6) is 0 Å². The van der Waals surface area contributed by atoms with Crippen molar-refractivity contribution in [3.63, 3.8) is 0 Å². The number of fused-ring (bicyclic) bond motifs is 1. The van der Waals surface area contributed by atoms with E-state index in [9.17, 15) is 14.4 Å². The highest BCUT2D eigenvalue weighted by Gasteiger charge is 2.38. The minimum absolute atomic E-state index is 0.110. The van der Waals surface area contributed by atoms with Crippen molar-refractivity contribution < 1.29 is 28.9 Å². The van der Waals surface area contributed by atoms with Crippen LogP contribution in [-0.4, -0.2) is 99.1 Å². The Kier molecular flexibility index (Phi) is 12.4. The number of imidazole rings is 2. The van der Waals surface area contributed by atoms with Crippen LogP contribution in [0.2, 0.25) is 0 Å². The van der Waals surface area contributed by atoms with Gasteiger partial charge in [-0.3, -0.25) is 4.79 Å². The lowest BCUT2D eigenvalue weighted by atomic mass is 10.0. The summed E-state index contributed by atoms with van der Waals surface area (Å²) in [5.41, 5.74) is 5.11. The Morgan fingerprint density at radius 3 is 2.35 bits per heavy atom. The van der Waals surface area contributed by atoms with Crippen LogP contribution in [0.3, 0.4) is 0 Å². The van der Waals surface area contributed by atoms with Crippen LogP contribution in [0.15, 0.2) is 53.8 Å². The van der Waals surface area contributed by atoms with E-state index >= 15 is 0 Å². The number of hydrogen-bond donors (Lipinski definition) is 3. The second-order valence-electron chi connectivity index (χ2n) is 14.5. The van der Waals surface area contributed by atoms with Gasteiger partial charge in [0.25, 0.3) is 0 Å². The first-order chi connectivity index (χ1) is 26.6. The van der Waals surface area contributed by atoms with Gasteiger partial charge in [0, 0.05) is 30.8 Å². The van der Waals surface area contributed by atoms with Crippen LogP contribution in [0.1, 0.15) is 88.2 Å². The molecule has 6 rings (SSSR count). The van der Waals surface area contributed by atoms with Gasteiger partial charge in [-0.25, -0.2) is 24.6 Å². The molecule has 0 spiro atoms. The second-order valence-corrected chi connectivity index (χ2v) is 14.5. The molecule has 2 aromatic carbocycles. The van der Waals surface area contributed by atoms with E-state index < -0.39 is 12.1 Å². The van der Waals surface area contributed by atoms with Crippen LogP contribution in [0, 0.1) is 23.7 Å². The molecule has 2 saturated heterocycles. The minimum atomic E-state index is -0.694. The number of hydrogen-bond acceptors (Lipinski definition) is 9. The van der Waals surface area contributed by atoms with Gasteiger partial charge in [0.15, 0.2) is 0 Å². The lowest BCUT2D eigenvalue weighted by molar-refractivity contribution is -0.188. The quantitative estimate of drug-likeness (QED) is 0.0540. The summed E-state index contributed by atoms with van der Waals surface area (Å²) in [5.74, 6) is 7.91. The highest BCUT2D eigenvalue weighted by atomic mass is 17.2. The van der Waals surface area contributed by atoms with Crippen molar-refractivity contribution >= 4 is 35.5 Å². The van der Waals surface area contributed by atoms with Gasteiger partial charge in [-0.05, 0) is 73.4 Å². The maximum Gasteiger partial charge on any atom is 0.407 e. The Hall–Kier alpha value is -5.88. The summed E-state index contributed by atoms with van der Waals surface area (Å²) in [6.07, 6.45) is 5.55. The first-order valence-electron chi connectivity index (χ1n) is 18.7. The molecule has 2 aliphatic heterocycles. The first-order valence-corrected chi connectivity index (χ1v) is 18.7. The smallest absolute Gasteiger partial charge is 0.407 e. The first kappa shape index (κ1) is 38.8. The molecule has 4 aromatic rings. The lowest BCUT2D eigenvalue weighted by Crippen LogP contribution is -2.51. The lowest BCUT2D eigenvalue weighted by Gasteiger charge is -2.29. The SMILES string of the molecule is COO/C=N\N(CC(C)C)C(=O)N1CCC[C@H]1c1ncc(-c2ccc(C#Cc3ccc4nc([C@@H]5CCCN5C(=O)[C@@H](NC(=O)OC)C(C)C)[nH]c4c3)cc2)[nH]1. The molecule has 4 heterocycles. The average molecular weight is 752 g/mol. The molecule has 0 unspecified atom stereocenters. The van der Waals surface area contributed by atoms with Crippen LogP contribution in [0.25, 0.3) is 22.3 Å². The number of benzene rings is 2. The van der Waals surface area contributed by atoms with Gasteiger partial charge in [0.2, 0.25) is 12.3 Å². The number of aromatic nitrogens is 4. The van der Waals surface area contributed by atoms with Crippen LogP contribution in [-0.2, 0) is 19.3 Å². The van der Waals surface area contributed by atoms with E-state index in [1.54, 1.807) is 16.0 Å². The van der Waals surface area contributed by atoms with E-state index in [-0.39, 0.29) is 35.9 Å². The number of amides is 4. The molecule has 0 bridgehead atoms. The van der Waals surface area contributed by atoms with Crippen LogP contribution >= 0.6 is 0 Å². The topological polar surface area (TPSA) is 170 Å². The number of nitrogens with zero attached hydrogens (tertiary/aromatic N) is 6. The Balaban J connectivity index is 1.12. The normalized spacial score (nSPS) is 17.5. The van der Waals surface area contributed by atoms with Gasteiger partial charge >= 0.3 is 12.1 Å². The molecule has 0 radical (unpaired) electrons. The minimum Gasteiger partial charge on any atom is -0.453 e. The number of urea groups is 1. The van der Waals surface area contributed by atoms with E-state index in [2.05, 4.69) is 42.1 Å². The van der Waals surface area contributed by atoms with Crippen molar-refractivity contribution in [2.75, 3.05) is 33.9 Å². The van der Waals surface area contributed by atoms with Crippen molar-refractivity contribution in [2.24, 2.45) is 16.9 Å². The van der Waals surface area contributed by atoms with E-state index in [1.807, 2.05) is 70.2 Å². The molecular formula is C40H49N9O6. The van der Waals surface area contributed by atoms with Gasteiger partial charge < -0.3 is 34.7 Å². The maximum atomic E-state index is 13.6. The molecule has 15 nitrogen and oxygen atoms in total. The number of likely N-dealkylation sites (tertiary alicyclic amines) is 2.